The van der Waals surface area contributed by atoms with Crippen molar-refractivity contribution in [1.82, 2.24) is 0 Å². The predicted molar refractivity (Wildman–Crippen MR) is 51.3 cm³/mol. The zero-order chi connectivity index (χ0) is 11.6. The van der Waals surface area contributed by atoms with E-state index in [2.05, 4.69) is 0 Å². The van der Waals surface area contributed by atoms with Crippen LogP contribution in [-0.4, -0.2) is 34.9 Å². The standard InChI is InChI=1S/C6H12O3.C3H6O2/c1-3-4-9-5(2)6(7)8;1-2-3(4)5/h5H,3-4H2,1-2H3,(H,7,8);2H2,1H3,(H,4,5). The highest BCUT2D eigenvalue weighted by Gasteiger charge is 2.08. The van der Waals surface area contributed by atoms with Gasteiger partial charge in [-0.2, -0.15) is 0 Å². The molecule has 0 spiro atoms. The molecule has 0 rings (SSSR count). The van der Waals surface area contributed by atoms with Gasteiger partial charge in [0.25, 0.3) is 0 Å². The Bertz CT molecular complexity index is 167. The summed E-state index contributed by atoms with van der Waals surface area (Å²) in [6, 6.07) is 0. The van der Waals surface area contributed by atoms with Crippen molar-refractivity contribution in [3.63, 3.8) is 0 Å². The third kappa shape index (κ3) is 13.5. The van der Waals surface area contributed by atoms with Crippen LogP contribution in [0, 0.1) is 0 Å². The van der Waals surface area contributed by atoms with Gasteiger partial charge in [0.2, 0.25) is 0 Å². The van der Waals surface area contributed by atoms with Crippen LogP contribution < -0.4 is 0 Å². The number of carboxylic acids is 2. The molecular weight excluding hydrogens is 188 g/mol. The molecule has 0 saturated heterocycles. The molecule has 0 radical (unpaired) electrons. The quantitative estimate of drug-likeness (QED) is 0.709. The summed E-state index contributed by atoms with van der Waals surface area (Å²) < 4.78 is 4.85. The Kier molecular flexibility index (Phi) is 11.0. The van der Waals surface area contributed by atoms with E-state index in [0.29, 0.717) is 6.61 Å². The minimum Gasteiger partial charge on any atom is -0.481 e. The summed E-state index contributed by atoms with van der Waals surface area (Å²) >= 11 is 0. The van der Waals surface area contributed by atoms with Gasteiger partial charge < -0.3 is 14.9 Å². The minimum absolute atomic E-state index is 0.222. The van der Waals surface area contributed by atoms with Crippen molar-refractivity contribution in [2.45, 2.75) is 39.7 Å². The van der Waals surface area contributed by atoms with Crippen LogP contribution in [0.3, 0.4) is 0 Å². The number of carboxylic acid groups (broad SMARTS) is 2. The first-order valence-electron chi connectivity index (χ1n) is 4.51. The third-order valence-electron chi connectivity index (χ3n) is 1.22. The molecule has 2 N–H and O–H groups in total. The summed E-state index contributed by atoms with van der Waals surface area (Å²) in [5, 5.41) is 16.0. The van der Waals surface area contributed by atoms with Crippen LogP contribution in [0.1, 0.15) is 33.6 Å². The van der Waals surface area contributed by atoms with Crippen molar-refractivity contribution < 1.29 is 24.5 Å². The Morgan fingerprint density at radius 3 is 1.93 bits per heavy atom. The maximum absolute atomic E-state index is 10.1. The van der Waals surface area contributed by atoms with Crippen molar-refractivity contribution in [1.29, 1.82) is 0 Å². The minimum atomic E-state index is -0.900. The number of ether oxygens (including phenoxy) is 1. The zero-order valence-corrected chi connectivity index (χ0v) is 8.82. The summed E-state index contributed by atoms with van der Waals surface area (Å²) in [4.78, 5) is 19.4. The number of carbonyl (C=O) groups is 2. The second-order valence-electron chi connectivity index (χ2n) is 2.60. The Hall–Kier alpha value is -1.10. The summed E-state index contributed by atoms with van der Waals surface area (Å²) in [6.07, 6.45) is 0.419. The first kappa shape index (κ1) is 15.4. The first-order valence-corrected chi connectivity index (χ1v) is 4.51. The van der Waals surface area contributed by atoms with Gasteiger partial charge in [-0.3, -0.25) is 4.79 Å². The van der Waals surface area contributed by atoms with Gasteiger partial charge in [-0.1, -0.05) is 13.8 Å². The number of rotatable bonds is 5. The van der Waals surface area contributed by atoms with Crippen LogP contribution in [-0.2, 0) is 14.3 Å². The molecule has 5 heteroatoms. The zero-order valence-electron chi connectivity index (χ0n) is 8.82. The topological polar surface area (TPSA) is 83.8 Å². The number of hydrogen-bond donors (Lipinski definition) is 2. The Labute approximate surface area is 83.7 Å². The largest absolute Gasteiger partial charge is 0.481 e. The molecule has 0 aliphatic rings. The van der Waals surface area contributed by atoms with Crippen molar-refractivity contribution in [2.24, 2.45) is 0 Å². The normalized spacial score (nSPS) is 11.1. The highest BCUT2D eigenvalue weighted by atomic mass is 16.5. The molecule has 5 nitrogen and oxygen atoms in total. The Morgan fingerprint density at radius 1 is 1.29 bits per heavy atom. The second kappa shape index (κ2) is 9.98. The van der Waals surface area contributed by atoms with Gasteiger partial charge in [0.05, 0.1) is 0 Å². The van der Waals surface area contributed by atoms with Gasteiger partial charge in [-0.25, -0.2) is 4.79 Å². The SMILES string of the molecule is CCC(=O)O.CCCOC(C)C(=O)O. The van der Waals surface area contributed by atoms with Crippen LogP contribution >= 0.6 is 0 Å². The molecule has 1 atom stereocenters. The van der Waals surface area contributed by atoms with Crippen molar-refractivity contribution in [3.8, 4) is 0 Å². The Morgan fingerprint density at radius 2 is 1.71 bits per heavy atom. The maximum Gasteiger partial charge on any atom is 0.332 e. The average Bonchev–Trinajstić information content (AvgIpc) is 2.14. The lowest BCUT2D eigenvalue weighted by Gasteiger charge is -2.05. The van der Waals surface area contributed by atoms with E-state index in [4.69, 9.17) is 14.9 Å². The molecule has 84 valence electrons. The van der Waals surface area contributed by atoms with E-state index in [9.17, 15) is 9.59 Å². The van der Waals surface area contributed by atoms with E-state index >= 15 is 0 Å². The van der Waals surface area contributed by atoms with Crippen LogP contribution in [0.25, 0.3) is 0 Å². The maximum atomic E-state index is 10.1. The molecule has 0 aromatic heterocycles. The van der Waals surface area contributed by atoms with E-state index in [-0.39, 0.29) is 6.42 Å². The number of hydrogen-bond acceptors (Lipinski definition) is 3. The molecule has 0 saturated carbocycles. The molecule has 0 aliphatic carbocycles. The van der Waals surface area contributed by atoms with E-state index < -0.39 is 18.0 Å². The molecule has 0 aliphatic heterocycles. The molecule has 14 heavy (non-hydrogen) atoms. The van der Waals surface area contributed by atoms with Crippen LogP contribution in [0.2, 0.25) is 0 Å². The second-order valence-corrected chi connectivity index (χ2v) is 2.60. The van der Waals surface area contributed by atoms with Crippen molar-refractivity contribution in [2.75, 3.05) is 6.61 Å². The van der Waals surface area contributed by atoms with Gasteiger partial charge in [0.1, 0.15) is 0 Å². The molecule has 1 unspecified atom stereocenters. The summed E-state index contributed by atoms with van der Waals surface area (Å²) in [6.45, 7) is 5.59. The van der Waals surface area contributed by atoms with Crippen LogP contribution in [0.5, 0.6) is 0 Å². The molecular formula is C9H18O5. The summed E-state index contributed by atoms with van der Waals surface area (Å²) in [7, 11) is 0. The van der Waals surface area contributed by atoms with Gasteiger partial charge in [0.15, 0.2) is 6.10 Å². The average molecular weight is 206 g/mol. The van der Waals surface area contributed by atoms with E-state index in [1.165, 1.54) is 6.92 Å². The smallest absolute Gasteiger partial charge is 0.332 e. The highest BCUT2D eigenvalue weighted by molar-refractivity contribution is 5.71. The lowest BCUT2D eigenvalue weighted by atomic mass is 10.4. The lowest BCUT2D eigenvalue weighted by Crippen LogP contribution is -2.19. The monoisotopic (exact) mass is 206 g/mol. The van der Waals surface area contributed by atoms with Gasteiger partial charge in [-0.15, -0.1) is 0 Å². The molecule has 0 fully saturated rings. The molecule has 0 amide bonds. The van der Waals surface area contributed by atoms with Gasteiger partial charge in [-0.05, 0) is 13.3 Å². The van der Waals surface area contributed by atoms with Crippen LogP contribution in [0.15, 0.2) is 0 Å². The molecule has 0 heterocycles. The molecule has 0 aromatic rings. The summed E-state index contributed by atoms with van der Waals surface area (Å²) in [5.74, 6) is -1.64. The third-order valence-corrected chi connectivity index (χ3v) is 1.22. The molecule has 0 bridgehead atoms. The predicted octanol–water partition coefficient (Wildman–Crippen LogP) is 1.37. The first-order chi connectivity index (χ1) is 6.45. The van der Waals surface area contributed by atoms with Crippen LogP contribution in [0.4, 0.5) is 0 Å². The van der Waals surface area contributed by atoms with E-state index in [1.807, 2.05) is 6.92 Å². The fraction of sp³-hybridized carbons (Fsp3) is 0.778. The van der Waals surface area contributed by atoms with Gasteiger partial charge >= 0.3 is 11.9 Å². The summed E-state index contributed by atoms with van der Waals surface area (Å²) in [5.41, 5.74) is 0. The lowest BCUT2D eigenvalue weighted by molar-refractivity contribution is -0.149. The van der Waals surface area contributed by atoms with E-state index in [1.54, 1.807) is 6.92 Å². The van der Waals surface area contributed by atoms with Crippen molar-refractivity contribution >= 4 is 11.9 Å². The fourth-order valence-corrected chi connectivity index (χ4v) is 0.366. The Balaban J connectivity index is 0. The number of aliphatic carboxylic acids is 2. The van der Waals surface area contributed by atoms with Gasteiger partial charge in [0, 0.05) is 13.0 Å². The van der Waals surface area contributed by atoms with Crippen molar-refractivity contribution in [3.05, 3.63) is 0 Å². The highest BCUT2D eigenvalue weighted by Crippen LogP contribution is 1.90. The fourth-order valence-electron chi connectivity index (χ4n) is 0.366. The van der Waals surface area contributed by atoms with E-state index in [0.717, 1.165) is 6.42 Å². The molecule has 0 aromatic carbocycles.